The zero-order valence-electron chi connectivity index (χ0n) is 18.0. The van der Waals surface area contributed by atoms with Crippen LogP contribution in [0.25, 0.3) is 0 Å². The molecule has 164 valence electrons. The predicted molar refractivity (Wildman–Crippen MR) is 120 cm³/mol. The van der Waals surface area contributed by atoms with E-state index in [1.165, 1.54) is 16.2 Å². The Morgan fingerprint density at radius 2 is 1.75 bits per heavy atom. The topological polar surface area (TPSA) is 101 Å². The fraction of sp³-hybridized carbons (Fsp3) is 0.261. The van der Waals surface area contributed by atoms with Crippen LogP contribution in [0.1, 0.15) is 42.4 Å². The van der Waals surface area contributed by atoms with Gasteiger partial charge in [-0.25, -0.2) is 0 Å². The van der Waals surface area contributed by atoms with E-state index in [1.54, 1.807) is 24.3 Å². The summed E-state index contributed by atoms with van der Waals surface area (Å²) < 4.78 is 5.67. The molecule has 32 heavy (non-hydrogen) atoms. The molecule has 2 heterocycles. The molecule has 0 aliphatic carbocycles. The van der Waals surface area contributed by atoms with E-state index >= 15 is 0 Å². The normalized spacial score (nSPS) is 12.8. The number of carbonyl (C=O) groups excluding carboxylic acids is 3. The Morgan fingerprint density at radius 1 is 1.06 bits per heavy atom. The number of aromatic nitrogens is 2. The van der Waals surface area contributed by atoms with E-state index < -0.39 is 0 Å². The number of ether oxygens (including phenoxy) is 1. The van der Waals surface area contributed by atoms with E-state index in [0.717, 1.165) is 16.7 Å². The number of imide groups is 1. The number of aryl methyl sites for hydroxylation is 2. The van der Waals surface area contributed by atoms with E-state index in [2.05, 4.69) is 21.6 Å². The first-order valence-corrected chi connectivity index (χ1v) is 10.9. The van der Waals surface area contributed by atoms with E-state index in [-0.39, 0.29) is 30.9 Å². The molecule has 0 fully saturated rings. The van der Waals surface area contributed by atoms with Crippen molar-refractivity contribution in [3.05, 3.63) is 69.2 Å². The largest absolute Gasteiger partial charge is 0.483 e. The molecule has 0 radical (unpaired) electrons. The molecule has 0 bridgehead atoms. The summed E-state index contributed by atoms with van der Waals surface area (Å²) in [7, 11) is 0. The minimum atomic E-state index is -0.341. The van der Waals surface area contributed by atoms with Crippen molar-refractivity contribution in [3.63, 3.8) is 0 Å². The van der Waals surface area contributed by atoms with Gasteiger partial charge in [-0.2, -0.15) is 0 Å². The lowest BCUT2D eigenvalue weighted by molar-refractivity contribution is -0.118. The second-order valence-corrected chi connectivity index (χ2v) is 8.66. The molecule has 0 atom stereocenters. The van der Waals surface area contributed by atoms with Gasteiger partial charge in [-0.3, -0.25) is 24.6 Å². The number of fused-ring (bicyclic) bond motifs is 1. The highest BCUT2D eigenvalue weighted by molar-refractivity contribution is 7.15. The molecule has 1 aliphatic rings. The number of anilines is 1. The van der Waals surface area contributed by atoms with Gasteiger partial charge in [0.25, 0.3) is 17.7 Å². The minimum Gasteiger partial charge on any atom is -0.483 e. The number of carbonyl (C=O) groups is 3. The summed E-state index contributed by atoms with van der Waals surface area (Å²) in [5.74, 6) is -0.270. The van der Waals surface area contributed by atoms with Crippen LogP contribution in [-0.4, -0.2) is 46.0 Å². The quantitative estimate of drug-likeness (QED) is 0.554. The van der Waals surface area contributed by atoms with Gasteiger partial charge in [-0.05, 0) is 55.7 Å². The van der Waals surface area contributed by atoms with Crippen LogP contribution in [0.5, 0.6) is 5.75 Å². The van der Waals surface area contributed by atoms with Crippen LogP contribution >= 0.6 is 11.3 Å². The second kappa shape index (κ2) is 8.88. The van der Waals surface area contributed by atoms with Crippen LogP contribution in [0.4, 0.5) is 5.13 Å². The summed E-state index contributed by atoms with van der Waals surface area (Å²) in [6.45, 7) is 5.98. The molecule has 1 N–H and O–H groups in total. The van der Waals surface area contributed by atoms with Crippen molar-refractivity contribution in [1.29, 1.82) is 0 Å². The first-order chi connectivity index (χ1) is 15.3. The summed E-state index contributed by atoms with van der Waals surface area (Å²) in [6, 6.07) is 10.7. The Labute approximate surface area is 189 Å². The van der Waals surface area contributed by atoms with Gasteiger partial charge in [0, 0.05) is 13.0 Å². The van der Waals surface area contributed by atoms with Crippen molar-refractivity contribution in [2.75, 3.05) is 18.5 Å². The monoisotopic (exact) mass is 450 g/mol. The zero-order valence-corrected chi connectivity index (χ0v) is 18.8. The molecule has 0 unspecified atom stereocenters. The highest BCUT2D eigenvalue weighted by Gasteiger charge is 2.34. The summed E-state index contributed by atoms with van der Waals surface area (Å²) in [6.07, 6.45) is 0.358. The third-order valence-corrected chi connectivity index (χ3v) is 6.16. The number of rotatable bonds is 7. The highest BCUT2D eigenvalue weighted by Crippen LogP contribution is 2.25. The van der Waals surface area contributed by atoms with Crippen molar-refractivity contribution >= 4 is 34.2 Å². The van der Waals surface area contributed by atoms with Gasteiger partial charge in [0.2, 0.25) is 5.13 Å². The van der Waals surface area contributed by atoms with Crippen molar-refractivity contribution < 1.29 is 19.1 Å². The van der Waals surface area contributed by atoms with E-state index in [9.17, 15) is 14.4 Å². The van der Waals surface area contributed by atoms with Gasteiger partial charge in [0.05, 0.1) is 11.1 Å². The van der Waals surface area contributed by atoms with Crippen molar-refractivity contribution in [2.45, 2.75) is 27.2 Å². The third-order valence-electron chi connectivity index (χ3n) is 5.26. The Kier molecular flexibility index (Phi) is 6.00. The lowest BCUT2D eigenvalue weighted by Crippen LogP contribution is -2.31. The fourth-order valence-corrected chi connectivity index (χ4v) is 4.25. The van der Waals surface area contributed by atoms with Crippen LogP contribution in [0.15, 0.2) is 36.4 Å². The van der Waals surface area contributed by atoms with Crippen LogP contribution in [0.2, 0.25) is 0 Å². The molecule has 2 aromatic carbocycles. The summed E-state index contributed by atoms with van der Waals surface area (Å²) in [4.78, 5) is 38.3. The molecular weight excluding hydrogens is 428 g/mol. The number of benzene rings is 2. The molecule has 1 aromatic heterocycles. The molecule has 4 rings (SSSR count). The minimum absolute atomic E-state index is 0.145. The average molecular weight is 451 g/mol. The van der Waals surface area contributed by atoms with Gasteiger partial charge in [-0.15, -0.1) is 10.2 Å². The van der Waals surface area contributed by atoms with Gasteiger partial charge in [-0.1, -0.05) is 29.5 Å². The summed E-state index contributed by atoms with van der Waals surface area (Å²) in [5.41, 5.74) is 4.00. The van der Waals surface area contributed by atoms with Crippen molar-refractivity contribution in [3.8, 4) is 5.75 Å². The molecule has 3 aromatic rings. The van der Waals surface area contributed by atoms with Crippen molar-refractivity contribution in [2.24, 2.45) is 0 Å². The maximum absolute atomic E-state index is 12.4. The van der Waals surface area contributed by atoms with Gasteiger partial charge in [0.1, 0.15) is 10.8 Å². The Hall–Kier alpha value is -3.59. The van der Waals surface area contributed by atoms with Gasteiger partial charge < -0.3 is 4.74 Å². The highest BCUT2D eigenvalue weighted by atomic mass is 32.1. The second-order valence-electron chi connectivity index (χ2n) is 7.60. The van der Waals surface area contributed by atoms with Gasteiger partial charge >= 0.3 is 0 Å². The number of hydrogen-bond donors (Lipinski definition) is 1. The molecule has 1 aliphatic heterocycles. The molecule has 8 nitrogen and oxygen atoms in total. The molecule has 3 amide bonds. The third kappa shape index (κ3) is 4.38. The van der Waals surface area contributed by atoms with E-state index in [1.807, 2.05) is 26.8 Å². The molecule has 0 saturated heterocycles. The average Bonchev–Trinajstić information content (AvgIpc) is 3.31. The number of nitrogens with zero attached hydrogens (tertiary/aromatic N) is 3. The number of nitrogens with one attached hydrogen (secondary N) is 1. The molecule has 0 spiro atoms. The summed E-state index contributed by atoms with van der Waals surface area (Å²) in [5, 5.41) is 11.7. The number of hydrogen-bond acceptors (Lipinski definition) is 7. The standard InChI is InChI=1S/C23H22N4O4S/c1-13-10-14(2)15(3)18(11-13)31-12-19(28)24-23-26-25-20(32-23)8-9-27-21(29)16-6-4-5-7-17(16)22(27)30/h4-7,10-11H,8-9,12H2,1-3H3,(H,24,26,28). The Balaban J connectivity index is 1.30. The Bertz CT molecular complexity index is 1190. The van der Waals surface area contributed by atoms with E-state index in [0.29, 0.717) is 33.4 Å². The van der Waals surface area contributed by atoms with Gasteiger partial charge in [0.15, 0.2) is 6.61 Å². The van der Waals surface area contributed by atoms with Crippen LogP contribution in [0, 0.1) is 20.8 Å². The fourth-order valence-electron chi connectivity index (χ4n) is 3.50. The van der Waals surface area contributed by atoms with Crippen molar-refractivity contribution in [1.82, 2.24) is 15.1 Å². The van der Waals surface area contributed by atoms with Crippen LogP contribution in [0.3, 0.4) is 0 Å². The lowest BCUT2D eigenvalue weighted by Gasteiger charge is -2.12. The molecular formula is C23H22N4O4S. The van der Waals surface area contributed by atoms with E-state index in [4.69, 9.17) is 4.74 Å². The lowest BCUT2D eigenvalue weighted by atomic mass is 10.1. The maximum atomic E-state index is 12.4. The first-order valence-electron chi connectivity index (χ1n) is 10.1. The summed E-state index contributed by atoms with van der Waals surface area (Å²) >= 11 is 1.20. The zero-order chi connectivity index (χ0) is 22.8. The number of amides is 3. The maximum Gasteiger partial charge on any atom is 0.264 e. The molecule has 9 heteroatoms. The Morgan fingerprint density at radius 3 is 2.44 bits per heavy atom. The van der Waals surface area contributed by atoms with Crippen LogP contribution < -0.4 is 10.1 Å². The SMILES string of the molecule is Cc1cc(C)c(C)c(OCC(=O)Nc2nnc(CCN3C(=O)c4ccccc4C3=O)s2)c1. The smallest absolute Gasteiger partial charge is 0.264 e. The van der Waals surface area contributed by atoms with Crippen LogP contribution in [-0.2, 0) is 11.2 Å². The molecule has 0 saturated carbocycles. The first kappa shape index (κ1) is 21.6. The predicted octanol–water partition coefficient (Wildman–Crippen LogP) is 3.32.